The first kappa shape index (κ1) is 12.9. The van der Waals surface area contributed by atoms with E-state index in [2.05, 4.69) is 24.1 Å². The first-order chi connectivity index (χ1) is 9.16. The van der Waals surface area contributed by atoms with E-state index in [1.807, 2.05) is 6.20 Å². The highest BCUT2D eigenvalue weighted by atomic mass is 16.5. The maximum Gasteiger partial charge on any atom is 0.128 e. The number of nitrogens with one attached hydrogen (secondary N) is 1. The van der Waals surface area contributed by atoms with E-state index < -0.39 is 0 Å². The number of hydrogen-bond acceptors (Lipinski definition) is 3. The van der Waals surface area contributed by atoms with Gasteiger partial charge in [-0.05, 0) is 52.0 Å². The maximum atomic E-state index is 5.53. The summed E-state index contributed by atoms with van der Waals surface area (Å²) in [5.41, 5.74) is 3.88. The molecule has 1 N–H and O–H groups in total. The van der Waals surface area contributed by atoms with E-state index in [1.54, 1.807) is 7.11 Å². The molecular formula is C16H24N2O. The number of nitrogens with zero attached hydrogens (tertiary/aromatic N) is 1. The van der Waals surface area contributed by atoms with Gasteiger partial charge in [-0.2, -0.15) is 0 Å². The normalized spacial score (nSPS) is 26.7. The van der Waals surface area contributed by atoms with Crippen LogP contribution in [0.3, 0.4) is 0 Å². The van der Waals surface area contributed by atoms with Crippen molar-refractivity contribution >= 4 is 0 Å². The van der Waals surface area contributed by atoms with Gasteiger partial charge in [-0.15, -0.1) is 0 Å². The molecule has 19 heavy (non-hydrogen) atoms. The quantitative estimate of drug-likeness (QED) is 0.904. The predicted molar refractivity (Wildman–Crippen MR) is 76.7 cm³/mol. The highest BCUT2D eigenvalue weighted by molar-refractivity contribution is 5.41. The van der Waals surface area contributed by atoms with Gasteiger partial charge in [-0.1, -0.05) is 0 Å². The zero-order valence-corrected chi connectivity index (χ0v) is 12.3. The first-order valence-corrected chi connectivity index (χ1v) is 7.40. The molecule has 104 valence electrons. The van der Waals surface area contributed by atoms with Crippen LogP contribution in [0.25, 0.3) is 0 Å². The molecule has 0 bridgehead atoms. The van der Waals surface area contributed by atoms with Crippen LogP contribution in [0, 0.1) is 19.8 Å². The van der Waals surface area contributed by atoms with Crippen molar-refractivity contribution in [3.63, 3.8) is 0 Å². The van der Waals surface area contributed by atoms with E-state index in [9.17, 15) is 0 Å². The number of rotatable bonds is 4. The van der Waals surface area contributed by atoms with Gasteiger partial charge in [0, 0.05) is 35.0 Å². The van der Waals surface area contributed by atoms with Gasteiger partial charge in [0.15, 0.2) is 0 Å². The van der Waals surface area contributed by atoms with Crippen LogP contribution in [0.4, 0.5) is 0 Å². The Balaban J connectivity index is 1.90. The fraction of sp³-hybridized carbons (Fsp3) is 0.688. The zero-order valence-electron chi connectivity index (χ0n) is 12.3. The van der Waals surface area contributed by atoms with E-state index in [1.165, 1.54) is 43.5 Å². The van der Waals surface area contributed by atoms with Crippen molar-refractivity contribution in [1.82, 2.24) is 10.3 Å². The molecule has 1 aliphatic heterocycles. The lowest BCUT2D eigenvalue weighted by Gasteiger charge is -2.30. The van der Waals surface area contributed by atoms with Crippen molar-refractivity contribution in [2.75, 3.05) is 13.7 Å². The van der Waals surface area contributed by atoms with Crippen LogP contribution in [0.1, 0.15) is 42.5 Å². The fourth-order valence-corrected chi connectivity index (χ4v) is 3.66. The summed E-state index contributed by atoms with van der Waals surface area (Å²) in [6.07, 6.45) is 8.38. The van der Waals surface area contributed by atoms with Gasteiger partial charge in [0.25, 0.3) is 0 Å². The van der Waals surface area contributed by atoms with Gasteiger partial charge >= 0.3 is 0 Å². The van der Waals surface area contributed by atoms with Crippen molar-refractivity contribution < 1.29 is 4.74 Å². The Morgan fingerprint density at radius 2 is 2.21 bits per heavy atom. The lowest BCUT2D eigenvalue weighted by atomic mass is 9.85. The molecule has 3 heteroatoms. The molecule has 2 aliphatic rings. The second-order valence-corrected chi connectivity index (χ2v) is 6.18. The molecule has 3 rings (SSSR count). The van der Waals surface area contributed by atoms with Gasteiger partial charge in [-0.25, -0.2) is 0 Å². The summed E-state index contributed by atoms with van der Waals surface area (Å²) in [6, 6.07) is 0. The van der Waals surface area contributed by atoms with Crippen molar-refractivity contribution in [1.29, 1.82) is 0 Å². The van der Waals surface area contributed by atoms with Crippen LogP contribution in [0.2, 0.25) is 0 Å². The molecule has 1 aromatic heterocycles. The van der Waals surface area contributed by atoms with Gasteiger partial charge in [0.05, 0.1) is 7.11 Å². The molecule has 0 radical (unpaired) electrons. The highest BCUT2D eigenvalue weighted by Gasteiger charge is 2.47. The van der Waals surface area contributed by atoms with E-state index in [0.717, 1.165) is 23.7 Å². The third kappa shape index (κ3) is 2.25. The molecule has 2 fully saturated rings. The van der Waals surface area contributed by atoms with E-state index in [4.69, 9.17) is 4.74 Å². The number of ether oxygens (including phenoxy) is 1. The SMILES string of the molecule is COc1c(C)cnc(CC2(C3CC3)CCCN2)c1C. The summed E-state index contributed by atoms with van der Waals surface area (Å²) in [6.45, 7) is 5.37. The van der Waals surface area contributed by atoms with Crippen LogP contribution in [0.15, 0.2) is 6.20 Å². The molecule has 1 atom stereocenters. The van der Waals surface area contributed by atoms with Crippen molar-refractivity contribution in [3.8, 4) is 5.75 Å². The summed E-state index contributed by atoms with van der Waals surface area (Å²) < 4.78 is 5.53. The highest BCUT2D eigenvalue weighted by Crippen LogP contribution is 2.46. The number of aryl methyl sites for hydroxylation is 1. The Kier molecular flexibility index (Phi) is 3.25. The van der Waals surface area contributed by atoms with Gasteiger partial charge in [0.2, 0.25) is 0 Å². The minimum atomic E-state index is 0.317. The van der Waals surface area contributed by atoms with Gasteiger partial charge in [-0.3, -0.25) is 4.98 Å². The Bertz CT molecular complexity index is 474. The average Bonchev–Trinajstić information content (AvgIpc) is 3.16. The number of pyridine rings is 1. The molecule has 1 aliphatic carbocycles. The number of aromatic nitrogens is 1. The molecule has 1 aromatic rings. The molecule has 0 spiro atoms. The Morgan fingerprint density at radius 3 is 2.79 bits per heavy atom. The van der Waals surface area contributed by atoms with Crippen LogP contribution in [-0.2, 0) is 6.42 Å². The van der Waals surface area contributed by atoms with Crippen LogP contribution in [-0.4, -0.2) is 24.2 Å². The summed E-state index contributed by atoms with van der Waals surface area (Å²) in [7, 11) is 1.75. The Morgan fingerprint density at radius 1 is 1.42 bits per heavy atom. The average molecular weight is 260 g/mol. The summed E-state index contributed by atoms with van der Waals surface area (Å²) in [5.74, 6) is 1.87. The standard InChI is InChI=1S/C16H24N2O/c1-11-10-17-14(12(2)15(11)19-3)9-16(13-5-6-13)7-4-8-18-16/h10,13,18H,4-9H2,1-3H3. The molecule has 2 heterocycles. The molecular weight excluding hydrogens is 236 g/mol. The molecule has 0 amide bonds. The molecule has 3 nitrogen and oxygen atoms in total. The Hall–Kier alpha value is -1.09. The minimum Gasteiger partial charge on any atom is -0.496 e. The summed E-state index contributed by atoms with van der Waals surface area (Å²) in [5, 5.41) is 3.78. The van der Waals surface area contributed by atoms with Crippen LogP contribution < -0.4 is 10.1 Å². The van der Waals surface area contributed by atoms with Gasteiger partial charge < -0.3 is 10.1 Å². The number of hydrogen-bond donors (Lipinski definition) is 1. The van der Waals surface area contributed by atoms with Crippen LogP contribution in [0.5, 0.6) is 5.75 Å². The maximum absolute atomic E-state index is 5.53. The summed E-state index contributed by atoms with van der Waals surface area (Å²) in [4.78, 5) is 4.69. The third-order valence-electron chi connectivity index (χ3n) is 4.87. The molecule has 1 saturated carbocycles. The molecule has 1 saturated heterocycles. The van der Waals surface area contributed by atoms with Crippen molar-refractivity contribution in [2.24, 2.45) is 5.92 Å². The predicted octanol–water partition coefficient (Wildman–Crippen LogP) is 2.78. The third-order valence-corrected chi connectivity index (χ3v) is 4.87. The number of methoxy groups -OCH3 is 1. The molecule has 0 aromatic carbocycles. The van der Waals surface area contributed by atoms with E-state index in [-0.39, 0.29) is 0 Å². The monoisotopic (exact) mass is 260 g/mol. The fourth-order valence-electron chi connectivity index (χ4n) is 3.66. The van der Waals surface area contributed by atoms with Crippen molar-refractivity contribution in [2.45, 2.75) is 51.5 Å². The topological polar surface area (TPSA) is 34.1 Å². The van der Waals surface area contributed by atoms with E-state index in [0.29, 0.717) is 5.54 Å². The lowest BCUT2D eigenvalue weighted by molar-refractivity contribution is 0.318. The zero-order chi connectivity index (χ0) is 13.5. The largest absolute Gasteiger partial charge is 0.496 e. The van der Waals surface area contributed by atoms with Crippen molar-refractivity contribution in [3.05, 3.63) is 23.0 Å². The van der Waals surface area contributed by atoms with E-state index >= 15 is 0 Å². The second kappa shape index (κ2) is 4.78. The lowest BCUT2D eigenvalue weighted by Crippen LogP contribution is -2.44. The first-order valence-electron chi connectivity index (χ1n) is 7.40. The van der Waals surface area contributed by atoms with Gasteiger partial charge in [0.1, 0.15) is 5.75 Å². The van der Waals surface area contributed by atoms with Crippen LogP contribution >= 0.6 is 0 Å². The minimum absolute atomic E-state index is 0.317. The second-order valence-electron chi connectivity index (χ2n) is 6.18. The Labute approximate surface area is 115 Å². The molecule has 1 unspecified atom stereocenters. The summed E-state index contributed by atoms with van der Waals surface area (Å²) >= 11 is 0. The smallest absolute Gasteiger partial charge is 0.128 e.